The van der Waals surface area contributed by atoms with Crippen molar-refractivity contribution in [1.82, 2.24) is 0 Å². The van der Waals surface area contributed by atoms with E-state index < -0.39 is 8.32 Å². The predicted octanol–water partition coefficient (Wildman–Crippen LogP) is 7.13. The van der Waals surface area contributed by atoms with Crippen molar-refractivity contribution in [2.24, 2.45) is 0 Å². The van der Waals surface area contributed by atoms with Crippen LogP contribution < -0.4 is 19.7 Å². The van der Waals surface area contributed by atoms with Crippen molar-refractivity contribution < 1.29 is 14.3 Å². The molecule has 1 heterocycles. The normalized spacial score (nSPS) is 13.6. The van der Waals surface area contributed by atoms with E-state index >= 15 is 0 Å². The molecular weight excluding hydrogens is 534 g/mol. The zero-order valence-electron chi connectivity index (χ0n) is 22.8. The van der Waals surface area contributed by atoms with Gasteiger partial charge in [-0.1, -0.05) is 111 Å². The van der Waals surface area contributed by atoms with Crippen molar-refractivity contribution in [2.45, 2.75) is 25.8 Å². The summed E-state index contributed by atoms with van der Waals surface area (Å²) in [6.07, 6.45) is 5.50. The number of anilines is 1. The lowest BCUT2D eigenvalue weighted by Gasteiger charge is -2.43. The fourth-order valence-electron chi connectivity index (χ4n) is 5.27. The molecule has 6 heteroatoms. The Morgan fingerprint density at radius 3 is 2.10 bits per heavy atom. The number of nitrogens with zero attached hydrogens (tertiary/aromatic N) is 1. The number of phenols is 1. The number of carbonyl (C=O) groups excluding carboxylic acids is 1. The molecular formula is C34H32ClNO3Si. The van der Waals surface area contributed by atoms with Gasteiger partial charge in [-0.2, -0.15) is 0 Å². The lowest BCUT2D eigenvalue weighted by atomic mass is 10.0. The van der Waals surface area contributed by atoms with Crippen LogP contribution >= 0.6 is 11.6 Å². The minimum atomic E-state index is -2.88. The van der Waals surface area contributed by atoms with Crippen LogP contribution in [0.3, 0.4) is 0 Å². The van der Waals surface area contributed by atoms with Crippen LogP contribution in [0.4, 0.5) is 5.69 Å². The first-order chi connectivity index (χ1) is 19.2. The number of benzene rings is 4. The molecule has 0 radical (unpaired) electrons. The lowest BCUT2D eigenvalue weighted by Crippen LogP contribution is -2.68. The standard InChI is InChI=1S/C34H32ClNO3Si/c1-34(2,3)40(29-15-6-4-7-16-29,30-17-8-5-9-18-30)39-28-19-20-31(32(37)23-28)33(38)25-12-11-21-36(24-25)27-14-10-13-26(35)22-27/h4-20,22-24,37H,21H2,1-3H3. The monoisotopic (exact) mass is 565 g/mol. The van der Waals surface area contributed by atoms with Gasteiger partial charge in [0.15, 0.2) is 5.78 Å². The van der Waals surface area contributed by atoms with Gasteiger partial charge in [-0.3, -0.25) is 4.79 Å². The minimum absolute atomic E-state index is 0.116. The van der Waals surface area contributed by atoms with E-state index in [1.54, 1.807) is 30.5 Å². The number of aromatic hydroxyl groups is 1. The van der Waals surface area contributed by atoms with Gasteiger partial charge in [-0.25, -0.2) is 0 Å². The van der Waals surface area contributed by atoms with Crippen molar-refractivity contribution >= 4 is 41.8 Å². The van der Waals surface area contributed by atoms with Gasteiger partial charge in [0.25, 0.3) is 0 Å². The Labute approximate surface area is 242 Å². The molecule has 0 atom stereocenters. The van der Waals surface area contributed by atoms with E-state index in [0.717, 1.165) is 16.1 Å². The Morgan fingerprint density at radius 1 is 0.875 bits per heavy atom. The number of phenolic OH excluding ortho intramolecular Hbond substituents is 1. The third-order valence-corrected chi connectivity index (χ3v) is 12.4. The second-order valence-electron chi connectivity index (χ2n) is 10.9. The van der Waals surface area contributed by atoms with E-state index in [1.165, 1.54) is 0 Å². The molecule has 40 heavy (non-hydrogen) atoms. The Bertz CT molecular complexity index is 1540. The number of ketones is 1. The van der Waals surface area contributed by atoms with Gasteiger partial charge in [0.2, 0.25) is 0 Å². The minimum Gasteiger partial charge on any atom is -0.534 e. The quantitative estimate of drug-likeness (QED) is 0.191. The third kappa shape index (κ3) is 5.35. The van der Waals surface area contributed by atoms with Crippen LogP contribution in [0, 0.1) is 0 Å². The van der Waals surface area contributed by atoms with E-state index in [9.17, 15) is 9.90 Å². The Kier molecular flexibility index (Phi) is 7.70. The summed E-state index contributed by atoms with van der Waals surface area (Å²) in [5, 5.41) is 13.7. The van der Waals surface area contributed by atoms with Crippen LogP contribution in [-0.4, -0.2) is 25.8 Å². The molecule has 0 amide bonds. The maximum Gasteiger partial charge on any atom is 0.319 e. The molecule has 0 spiro atoms. The van der Waals surface area contributed by atoms with Crippen LogP contribution in [-0.2, 0) is 0 Å². The number of Topliss-reactive ketones (excluding diaryl/α,β-unsaturated/α-hetero) is 1. The molecule has 0 fully saturated rings. The highest BCUT2D eigenvalue weighted by Crippen LogP contribution is 2.39. The molecule has 5 rings (SSSR count). The van der Waals surface area contributed by atoms with Gasteiger partial charge in [-0.15, -0.1) is 0 Å². The zero-order chi connectivity index (χ0) is 28.3. The molecule has 0 aromatic heterocycles. The molecule has 1 aliphatic rings. The fourth-order valence-corrected chi connectivity index (χ4v) is 9.87. The second kappa shape index (κ2) is 11.2. The lowest BCUT2D eigenvalue weighted by molar-refractivity contribution is 0.103. The first-order valence-corrected chi connectivity index (χ1v) is 15.6. The summed E-state index contributed by atoms with van der Waals surface area (Å²) < 4.78 is 7.00. The summed E-state index contributed by atoms with van der Waals surface area (Å²) in [7, 11) is -2.88. The van der Waals surface area contributed by atoms with Crippen molar-refractivity contribution in [3.8, 4) is 11.5 Å². The van der Waals surface area contributed by atoms with Crippen LogP contribution in [0.25, 0.3) is 0 Å². The Hall–Kier alpha value is -4.06. The predicted molar refractivity (Wildman–Crippen MR) is 167 cm³/mol. The van der Waals surface area contributed by atoms with Crippen LogP contribution in [0.1, 0.15) is 31.1 Å². The van der Waals surface area contributed by atoms with E-state index in [0.29, 0.717) is 22.9 Å². The van der Waals surface area contributed by atoms with Crippen molar-refractivity contribution in [2.75, 3.05) is 11.4 Å². The Balaban J connectivity index is 1.50. The van der Waals surface area contributed by atoms with E-state index in [1.807, 2.05) is 71.6 Å². The number of rotatable bonds is 7. The summed E-state index contributed by atoms with van der Waals surface area (Å²) in [6.45, 7) is 7.22. The molecule has 202 valence electrons. The summed E-state index contributed by atoms with van der Waals surface area (Å²) in [5.74, 6) is 0.143. The maximum atomic E-state index is 13.5. The summed E-state index contributed by atoms with van der Waals surface area (Å²) in [6, 6.07) is 33.1. The first kappa shape index (κ1) is 27.5. The molecule has 4 aromatic rings. The van der Waals surface area contributed by atoms with Gasteiger partial charge in [0, 0.05) is 35.1 Å². The molecule has 0 bridgehead atoms. The molecule has 1 N–H and O–H groups in total. The van der Waals surface area contributed by atoms with Crippen LogP contribution in [0.15, 0.2) is 127 Å². The molecule has 0 saturated heterocycles. The van der Waals surface area contributed by atoms with Crippen LogP contribution in [0.5, 0.6) is 11.5 Å². The van der Waals surface area contributed by atoms with Gasteiger partial charge in [0.1, 0.15) is 11.5 Å². The number of allylic oxidation sites excluding steroid dienone is 2. The van der Waals surface area contributed by atoms with E-state index in [2.05, 4.69) is 45.0 Å². The second-order valence-corrected chi connectivity index (χ2v) is 15.6. The fraction of sp³-hybridized carbons (Fsp3) is 0.147. The maximum absolute atomic E-state index is 13.5. The number of halogens is 1. The van der Waals surface area contributed by atoms with Gasteiger partial charge in [0.05, 0.1) is 5.56 Å². The van der Waals surface area contributed by atoms with Crippen molar-refractivity contribution in [3.63, 3.8) is 0 Å². The third-order valence-electron chi connectivity index (χ3n) is 7.20. The number of carbonyl (C=O) groups is 1. The van der Waals surface area contributed by atoms with Crippen LogP contribution in [0.2, 0.25) is 10.1 Å². The van der Waals surface area contributed by atoms with Gasteiger partial charge in [-0.05, 0) is 45.7 Å². The largest absolute Gasteiger partial charge is 0.534 e. The topological polar surface area (TPSA) is 49.8 Å². The van der Waals surface area contributed by atoms with Gasteiger partial charge < -0.3 is 14.4 Å². The first-order valence-electron chi connectivity index (χ1n) is 13.3. The summed E-state index contributed by atoms with van der Waals surface area (Å²) in [4.78, 5) is 15.5. The highest BCUT2D eigenvalue weighted by Gasteiger charge is 2.52. The van der Waals surface area contributed by atoms with Crippen molar-refractivity contribution in [1.29, 1.82) is 0 Å². The average molecular weight is 566 g/mol. The molecule has 0 aliphatic carbocycles. The van der Waals surface area contributed by atoms with Gasteiger partial charge >= 0.3 is 8.32 Å². The Morgan fingerprint density at radius 2 is 1.52 bits per heavy atom. The highest BCUT2D eigenvalue weighted by atomic mass is 35.5. The van der Waals surface area contributed by atoms with Crippen molar-refractivity contribution in [3.05, 3.63) is 138 Å². The summed E-state index contributed by atoms with van der Waals surface area (Å²) >= 11 is 6.17. The molecule has 0 unspecified atom stereocenters. The molecule has 0 saturated carbocycles. The summed E-state index contributed by atoms with van der Waals surface area (Å²) in [5.41, 5.74) is 1.58. The molecule has 4 aromatic carbocycles. The number of hydrogen-bond acceptors (Lipinski definition) is 4. The number of hydrogen-bond donors (Lipinski definition) is 1. The van der Waals surface area contributed by atoms with E-state index in [-0.39, 0.29) is 22.1 Å². The zero-order valence-corrected chi connectivity index (χ0v) is 24.6. The SMILES string of the molecule is CC(C)(C)[Si](Oc1ccc(C(=O)C2=CN(c3cccc(Cl)c3)CC=C2)c(O)c1)(c1ccccc1)c1ccccc1. The average Bonchev–Trinajstić information content (AvgIpc) is 2.96. The molecule has 4 nitrogen and oxygen atoms in total. The smallest absolute Gasteiger partial charge is 0.319 e. The van der Waals surface area contributed by atoms with E-state index in [4.69, 9.17) is 16.0 Å². The molecule has 1 aliphatic heterocycles. The highest BCUT2D eigenvalue weighted by molar-refractivity contribution is 7.00.